The van der Waals surface area contributed by atoms with Crippen LogP contribution in [0.1, 0.15) is 63.3 Å². The lowest BCUT2D eigenvalue weighted by Crippen LogP contribution is -2.61. The molecule has 0 N–H and O–H groups in total. The van der Waals surface area contributed by atoms with Crippen LogP contribution in [0.15, 0.2) is 121 Å². The van der Waals surface area contributed by atoms with Gasteiger partial charge in [0, 0.05) is 5.92 Å². The van der Waals surface area contributed by atoms with Crippen LogP contribution in [0.2, 0.25) is 0 Å². The van der Waals surface area contributed by atoms with Crippen molar-refractivity contribution in [3.63, 3.8) is 0 Å². The molecule has 4 aromatic rings. The summed E-state index contributed by atoms with van der Waals surface area (Å²) in [6.45, 7) is 12.4. The van der Waals surface area contributed by atoms with Crippen molar-refractivity contribution in [1.29, 1.82) is 0 Å². The molecule has 49 heavy (non-hydrogen) atoms. The smallest absolute Gasteiger partial charge is 0.163 e. The van der Waals surface area contributed by atoms with Gasteiger partial charge in [0.15, 0.2) is 5.79 Å². The van der Waals surface area contributed by atoms with Crippen LogP contribution in [0.25, 0.3) is 0 Å². The van der Waals surface area contributed by atoms with Crippen LogP contribution in [0.3, 0.4) is 0 Å². The number of hydrogen-bond donors (Lipinski definition) is 0. The van der Waals surface area contributed by atoms with E-state index in [2.05, 4.69) is 69.3 Å². The van der Waals surface area contributed by atoms with E-state index >= 15 is 0 Å². The topological polar surface area (TPSA) is 55.4 Å². The number of ether oxygens (including phenoxy) is 6. The minimum absolute atomic E-state index is 0.104. The summed E-state index contributed by atoms with van der Waals surface area (Å²) in [6, 6.07) is 41.2. The van der Waals surface area contributed by atoms with Crippen molar-refractivity contribution < 1.29 is 28.4 Å². The molecule has 6 nitrogen and oxygen atoms in total. The van der Waals surface area contributed by atoms with E-state index in [9.17, 15) is 0 Å². The summed E-state index contributed by atoms with van der Waals surface area (Å²) in [5, 5.41) is 0. The maximum atomic E-state index is 7.02. The van der Waals surface area contributed by atoms with Crippen molar-refractivity contribution in [2.24, 2.45) is 11.3 Å². The zero-order valence-electron chi connectivity index (χ0n) is 29.6. The van der Waals surface area contributed by atoms with Gasteiger partial charge in [-0.25, -0.2) is 0 Å². The predicted octanol–water partition coefficient (Wildman–Crippen LogP) is 8.91. The van der Waals surface area contributed by atoms with Gasteiger partial charge < -0.3 is 28.4 Å². The highest BCUT2D eigenvalue weighted by molar-refractivity contribution is 5.17. The lowest BCUT2D eigenvalue weighted by atomic mass is 9.72. The molecule has 1 aliphatic heterocycles. The maximum absolute atomic E-state index is 7.02. The van der Waals surface area contributed by atoms with Crippen molar-refractivity contribution in [1.82, 2.24) is 0 Å². The van der Waals surface area contributed by atoms with Crippen LogP contribution in [0.5, 0.6) is 0 Å². The SMILES string of the molecule is CC1(C)O[C@@H]([C@H]2C[C@H](OCc3ccccc3)[C@@H](OCc3ccccc3)[C@@H](OCc3ccccc3)[C@@H]2OCc2ccccc2)[C@H](C(C)(C)C)O1. The average Bonchev–Trinajstić information content (AvgIpc) is 3.45. The molecule has 6 rings (SSSR count). The predicted molar refractivity (Wildman–Crippen MR) is 191 cm³/mol. The van der Waals surface area contributed by atoms with Gasteiger partial charge >= 0.3 is 0 Å². The molecule has 0 bridgehead atoms. The molecule has 0 unspecified atom stereocenters. The van der Waals surface area contributed by atoms with Crippen molar-refractivity contribution in [3.05, 3.63) is 144 Å². The van der Waals surface area contributed by atoms with Crippen LogP contribution >= 0.6 is 0 Å². The summed E-state index contributed by atoms with van der Waals surface area (Å²) in [4.78, 5) is 0. The van der Waals surface area contributed by atoms with E-state index in [1.54, 1.807) is 0 Å². The summed E-state index contributed by atoms with van der Waals surface area (Å²) in [5.41, 5.74) is 4.22. The van der Waals surface area contributed by atoms with Crippen molar-refractivity contribution in [3.8, 4) is 0 Å². The van der Waals surface area contributed by atoms with E-state index in [0.29, 0.717) is 32.8 Å². The fraction of sp³-hybridized carbons (Fsp3) is 0.442. The summed E-state index contributed by atoms with van der Waals surface area (Å²) in [7, 11) is 0. The molecular formula is C43H52O6. The first-order valence-corrected chi connectivity index (χ1v) is 17.6. The van der Waals surface area contributed by atoms with Gasteiger partial charge in [-0.05, 0) is 47.9 Å². The second-order valence-electron chi connectivity index (χ2n) is 14.9. The quantitative estimate of drug-likeness (QED) is 0.142. The molecule has 4 aromatic carbocycles. The van der Waals surface area contributed by atoms with Gasteiger partial charge in [-0.3, -0.25) is 0 Å². The second kappa shape index (κ2) is 16.1. The first kappa shape index (κ1) is 35.5. The molecule has 0 radical (unpaired) electrons. The lowest BCUT2D eigenvalue weighted by Gasteiger charge is -2.49. The molecule has 0 aromatic heterocycles. The normalized spacial score (nSPS) is 26.8. The first-order chi connectivity index (χ1) is 23.7. The third-order valence-corrected chi connectivity index (χ3v) is 9.51. The highest BCUT2D eigenvalue weighted by atomic mass is 16.8. The molecule has 1 aliphatic carbocycles. The molecule has 260 valence electrons. The van der Waals surface area contributed by atoms with Crippen LogP contribution in [-0.4, -0.2) is 42.4 Å². The molecule has 6 heteroatoms. The van der Waals surface area contributed by atoms with Crippen molar-refractivity contribution in [2.45, 2.75) is 110 Å². The van der Waals surface area contributed by atoms with E-state index < -0.39 is 18.0 Å². The van der Waals surface area contributed by atoms with Gasteiger partial charge in [0.2, 0.25) is 0 Å². The van der Waals surface area contributed by atoms with Gasteiger partial charge in [0.1, 0.15) is 12.2 Å². The van der Waals surface area contributed by atoms with Crippen LogP contribution in [0, 0.1) is 11.3 Å². The number of hydrogen-bond acceptors (Lipinski definition) is 6. The fourth-order valence-electron chi connectivity index (χ4n) is 7.12. The minimum Gasteiger partial charge on any atom is -0.371 e. The van der Waals surface area contributed by atoms with Gasteiger partial charge in [0.05, 0.1) is 50.8 Å². The van der Waals surface area contributed by atoms with Crippen molar-refractivity contribution in [2.75, 3.05) is 0 Å². The molecule has 2 aliphatic rings. The van der Waals surface area contributed by atoms with Crippen LogP contribution < -0.4 is 0 Å². The Labute approximate surface area is 292 Å². The average molecular weight is 665 g/mol. The molecular weight excluding hydrogens is 612 g/mol. The summed E-state index contributed by atoms with van der Waals surface area (Å²) >= 11 is 0. The molecule has 1 heterocycles. The van der Waals surface area contributed by atoms with Gasteiger partial charge in [0.25, 0.3) is 0 Å². The van der Waals surface area contributed by atoms with E-state index in [1.807, 2.05) is 86.6 Å². The molecule has 1 saturated heterocycles. The molecule has 0 amide bonds. The van der Waals surface area contributed by atoms with E-state index in [1.165, 1.54) is 0 Å². The zero-order valence-corrected chi connectivity index (χ0v) is 29.6. The third-order valence-electron chi connectivity index (χ3n) is 9.51. The van der Waals surface area contributed by atoms with E-state index in [-0.39, 0.29) is 35.7 Å². The summed E-state index contributed by atoms with van der Waals surface area (Å²) < 4.78 is 41.3. The fourth-order valence-corrected chi connectivity index (χ4v) is 7.12. The Morgan fingerprint density at radius 1 is 0.531 bits per heavy atom. The lowest BCUT2D eigenvalue weighted by molar-refractivity contribution is -0.245. The Bertz CT molecular complexity index is 1540. The highest BCUT2D eigenvalue weighted by Gasteiger charge is 2.57. The monoisotopic (exact) mass is 664 g/mol. The Morgan fingerprint density at radius 2 is 0.918 bits per heavy atom. The van der Waals surface area contributed by atoms with E-state index in [4.69, 9.17) is 28.4 Å². The second-order valence-corrected chi connectivity index (χ2v) is 14.9. The van der Waals surface area contributed by atoms with Gasteiger partial charge in [-0.1, -0.05) is 142 Å². The molecule has 1 saturated carbocycles. The molecule has 7 atom stereocenters. The number of benzene rings is 4. The zero-order chi connectivity index (χ0) is 34.3. The standard InChI is InChI=1S/C43H52O6/c1-42(2,3)41-38(48-43(4,5)49-41)35-26-36(44-27-31-18-10-6-11-19-31)39(46-29-33-22-14-8-15-23-33)40(47-30-34-24-16-9-17-25-34)37(35)45-28-32-20-12-7-13-21-32/h6-25,35-41H,26-30H2,1-5H3/t35-,36-,37+,38-,39+,40-,41+/m0/s1. The van der Waals surface area contributed by atoms with Crippen LogP contribution in [-0.2, 0) is 54.8 Å². The van der Waals surface area contributed by atoms with E-state index in [0.717, 1.165) is 22.3 Å². The van der Waals surface area contributed by atoms with Gasteiger partial charge in [-0.2, -0.15) is 0 Å². The first-order valence-electron chi connectivity index (χ1n) is 17.6. The Morgan fingerprint density at radius 3 is 1.35 bits per heavy atom. The Hall–Kier alpha value is -3.36. The minimum atomic E-state index is -0.742. The van der Waals surface area contributed by atoms with Crippen molar-refractivity contribution >= 4 is 0 Å². The summed E-state index contributed by atoms with van der Waals surface area (Å²) in [6.07, 6.45) is -1.28. The maximum Gasteiger partial charge on any atom is 0.163 e. The third kappa shape index (κ3) is 9.46. The molecule has 0 spiro atoms. The van der Waals surface area contributed by atoms with Crippen LogP contribution in [0.4, 0.5) is 0 Å². The number of rotatable bonds is 13. The van der Waals surface area contributed by atoms with Gasteiger partial charge in [-0.15, -0.1) is 0 Å². The largest absolute Gasteiger partial charge is 0.371 e. The summed E-state index contributed by atoms with van der Waals surface area (Å²) in [5.74, 6) is -0.846. The highest BCUT2D eigenvalue weighted by Crippen LogP contribution is 2.47. The Balaban J connectivity index is 1.40. The Kier molecular flexibility index (Phi) is 11.7. The molecule has 2 fully saturated rings.